The minimum absolute atomic E-state index is 0.00249. The fourth-order valence-electron chi connectivity index (χ4n) is 2.97. The van der Waals surface area contributed by atoms with Crippen LogP contribution in [0.15, 0.2) is 36.7 Å². The Morgan fingerprint density at radius 3 is 2.92 bits per heavy atom. The van der Waals surface area contributed by atoms with Crippen molar-refractivity contribution in [2.45, 2.75) is 25.0 Å². The number of halogens is 1. The van der Waals surface area contributed by atoms with Crippen LogP contribution in [0.25, 0.3) is 0 Å². The first-order valence-electron chi connectivity index (χ1n) is 8.11. The second kappa shape index (κ2) is 7.11. The normalized spacial score (nSPS) is 20.1. The fraction of sp³-hybridized carbons (Fsp3) is 0.353. The molecule has 2 atom stereocenters. The van der Waals surface area contributed by atoms with Crippen molar-refractivity contribution in [1.82, 2.24) is 20.0 Å². The van der Waals surface area contributed by atoms with Crippen molar-refractivity contribution in [2.75, 3.05) is 11.9 Å². The van der Waals surface area contributed by atoms with Gasteiger partial charge in [0.15, 0.2) is 0 Å². The van der Waals surface area contributed by atoms with E-state index in [1.807, 2.05) is 43.7 Å². The summed E-state index contributed by atoms with van der Waals surface area (Å²) in [5.41, 5.74) is 2.26. The van der Waals surface area contributed by atoms with Crippen molar-refractivity contribution in [3.63, 3.8) is 0 Å². The predicted molar refractivity (Wildman–Crippen MR) is 98.1 cm³/mol. The van der Waals surface area contributed by atoms with E-state index in [0.717, 1.165) is 40.2 Å². The number of hydrogen-bond acceptors (Lipinski definition) is 6. The van der Waals surface area contributed by atoms with Crippen LogP contribution in [0.1, 0.15) is 28.7 Å². The van der Waals surface area contributed by atoms with Crippen LogP contribution < -0.4 is 5.32 Å². The highest BCUT2D eigenvalue weighted by Gasteiger charge is 2.31. The van der Waals surface area contributed by atoms with E-state index >= 15 is 0 Å². The average molecular weight is 376 g/mol. The number of nitrogens with one attached hydrogen (secondary N) is 1. The first kappa shape index (κ1) is 16.5. The topological polar surface area (TPSA) is 64.9 Å². The number of aromatic nitrogens is 4. The van der Waals surface area contributed by atoms with Crippen LogP contribution >= 0.6 is 22.9 Å². The van der Waals surface area contributed by atoms with Gasteiger partial charge in [-0.05, 0) is 24.1 Å². The van der Waals surface area contributed by atoms with E-state index in [2.05, 4.69) is 20.6 Å². The van der Waals surface area contributed by atoms with Gasteiger partial charge in [-0.3, -0.25) is 4.68 Å². The molecule has 6 nitrogen and oxygen atoms in total. The fourth-order valence-corrected chi connectivity index (χ4v) is 3.93. The monoisotopic (exact) mass is 375 g/mol. The lowest BCUT2D eigenvalue weighted by atomic mass is 10.1. The van der Waals surface area contributed by atoms with Gasteiger partial charge in [0.05, 0.1) is 12.2 Å². The third kappa shape index (κ3) is 3.84. The van der Waals surface area contributed by atoms with Crippen molar-refractivity contribution >= 4 is 28.1 Å². The van der Waals surface area contributed by atoms with E-state index in [9.17, 15) is 0 Å². The molecule has 1 aliphatic heterocycles. The molecule has 0 unspecified atom stereocenters. The summed E-state index contributed by atoms with van der Waals surface area (Å²) < 4.78 is 7.67. The van der Waals surface area contributed by atoms with Crippen LogP contribution in [-0.2, 0) is 18.2 Å². The molecule has 1 aliphatic rings. The minimum Gasteiger partial charge on any atom is -0.371 e. The SMILES string of the molecule is Cn1cc([C@H]2OCC[C@@H]2Nc2nnc(Cc3ccc(Cl)cc3)s2)cn1. The lowest BCUT2D eigenvalue weighted by Crippen LogP contribution is -2.22. The number of aryl methyl sites for hydroxylation is 1. The van der Waals surface area contributed by atoms with Crippen LogP contribution in [0, 0.1) is 0 Å². The van der Waals surface area contributed by atoms with E-state index in [1.54, 1.807) is 16.0 Å². The number of hydrogen-bond donors (Lipinski definition) is 1. The molecule has 4 rings (SSSR count). The molecular formula is C17H18ClN5OS. The Balaban J connectivity index is 1.42. The minimum atomic E-state index is -0.00249. The second-order valence-corrected chi connectivity index (χ2v) is 7.58. The molecule has 2 aromatic heterocycles. The zero-order valence-electron chi connectivity index (χ0n) is 13.7. The Morgan fingerprint density at radius 2 is 2.16 bits per heavy atom. The van der Waals surface area contributed by atoms with Crippen LogP contribution in [-0.4, -0.2) is 32.6 Å². The third-order valence-electron chi connectivity index (χ3n) is 4.19. The molecule has 1 saturated heterocycles. The summed E-state index contributed by atoms with van der Waals surface area (Å²) in [5, 5.41) is 18.8. The first-order valence-corrected chi connectivity index (χ1v) is 9.30. The summed E-state index contributed by atoms with van der Waals surface area (Å²) >= 11 is 7.50. The molecule has 0 spiro atoms. The summed E-state index contributed by atoms with van der Waals surface area (Å²) in [6.07, 6.45) is 5.54. The van der Waals surface area contributed by atoms with Crippen molar-refractivity contribution in [1.29, 1.82) is 0 Å². The van der Waals surface area contributed by atoms with Gasteiger partial charge >= 0.3 is 0 Å². The maximum atomic E-state index is 5.93. The van der Waals surface area contributed by atoms with Gasteiger partial charge in [-0.2, -0.15) is 5.10 Å². The predicted octanol–water partition coefficient (Wildman–Crippen LogP) is 3.46. The molecule has 0 saturated carbocycles. The van der Waals surface area contributed by atoms with E-state index < -0.39 is 0 Å². The summed E-state index contributed by atoms with van der Waals surface area (Å²) in [5.74, 6) is 0. The van der Waals surface area contributed by atoms with Gasteiger partial charge < -0.3 is 10.1 Å². The van der Waals surface area contributed by atoms with Crippen molar-refractivity contribution < 1.29 is 4.74 Å². The van der Waals surface area contributed by atoms with Gasteiger partial charge in [-0.1, -0.05) is 35.1 Å². The van der Waals surface area contributed by atoms with Crippen LogP contribution in [0.4, 0.5) is 5.13 Å². The molecule has 0 radical (unpaired) electrons. The highest BCUT2D eigenvalue weighted by atomic mass is 35.5. The van der Waals surface area contributed by atoms with Crippen molar-refractivity contribution in [3.8, 4) is 0 Å². The van der Waals surface area contributed by atoms with Gasteiger partial charge in [-0.15, -0.1) is 10.2 Å². The first-order chi connectivity index (χ1) is 12.2. The molecule has 0 bridgehead atoms. The third-order valence-corrected chi connectivity index (χ3v) is 5.30. The zero-order valence-corrected chi connectivity index (χ0v) is 15.3. The summed E-state index contributed by atoms with van der Waals surface area (Å²) in [4.78, 5) is 0. The Kier molecular flexibility index (Phi) is 4.70. The van der Waals surface area contributed by atoms with Crippen LogP contribution in [0.3, 0.4) is 0 Å². The Labute approximate surface area is 154 Å². The maximum absolute atomic E-state index is 5.93. The molecule has 8 heteroatoms. The number of ether oxygens (including phenoxy) is 1. The van der Waals surface area contributed by atoms with Gasteiger partial charge in [0.2, 0.25) is 5.13 Å². The second-order valence-electron chi connectivity index (χ2n) is 6.08. The Bertz CT molecular complexity index is 847. The smallest absolute Gasteiger partial charge is 0.206 e. The number of rotatable bonds is 5. The Hall–Kier alpha value is -1.96. The number of anilines is 1. The molecule has 130 valence electrons. The standard InChI is InChI=1S/C17H18ClN5OS/c1-23-10-12(9-19-23)16-14(6-7-24-16)20-17-22-21-15(25-17)8-11-2-4-13(18)5-3-11/h2-5,9-10,14,16H,6-8H2,1H3,(H,20,22)/t14-,16+/m0/s1. The molecule has 1 aromatic carbocycles. The van der Waals surface area contributed by atoms with Gasteiger partial charge in [0.1, 0.15) is 11.1 Å². The number of benzene rings is 1. The molecule has 3 heterocycles. The van der Waals surface area contributed by atoms with E-state index in [-0.39, 0.29) is 12.1 Å². The van der Waals surface area contributed by atoms with Crippen LogP contribution in [0.5, 0.6) is 0 Å². The molecule has 1 fully saturated rings. The molecule has 3 aromatic rings. The molecule has 1 N–H and O–H groups in total. The summed E-state index contributed by atoms with van der Waals surface area (Å²) in [6.45, 7) is 0.730. The van der Waals surface area contributed by atoms with Gasteiger partial charge in [0.25, 0.3) is 0 Å². The number of nitrogens with zero attached hydrogens (tertiary/aromatic N) is 4. The van der Waals surface area contributed by atoms with E-state index in [4.69, 9.17) is 16.3 Å². The quantitative estimate of drug-likeness (QED) is 0.739. The zero-order chi connectivity index (χ0) is 17.2. The average Bonchev–Trinajstić information content (AvgIpc) is 3.32. The molecule has 0 aliphatic carbocycles. The largest absolute Gasteiger partial charge is 0.371 e. The van der Waals surface area contributed by atoms with Crippen LogP contribution in [0.2, 0.25) is 5.02 Å². The van der Waals surface area contributed by atoms with Gasteiger partial charge in [0, 0.05) is 36.9 Å². The summed E-state index contributed by atoms with van der Waals surface area (Å²) in [7, 11) is 1.91. The maximum Gasteiger partial charge on any atom is 0.206 e. The Morgan fingerprint density at radius 1 is 1.32 bits per heavy atom. The lowest BCUT2D eigenvalue weighted by Gasteiger charge is -2.17. The van der Waals surface area contributed by atoms with E-state index in [1.165, 1.54) is 5.56 Å². The van der Waals surface area contributed by atoms with Crippen molar-refractivity contribution in [2.24, 2.45) is 7.05 Å². The summed E-state index contributed by atoms with van der Waals surface area (Å²) in [6, 6.07) is 8.00. The van der Waals surface area contributed by atoms with E-state index in [0.29, 0.717) is 0 Å². The lowest BCUT2D eigenvalue weighted by molar-refractivity contribution is 0.107. The van der Waals surface area contributed by atoms with Crippen molar-refractivity contribution in [3.05, 3.63) is 57.8 Å². The molecule has 0 amide bonds. The highest BCUT2D eigenvalue weighted by Crippen LogP contribution is 2.32. The molecule has 25 heavy (non-hydrogen) atoms. The van der Waals surface area contributed by atoms with Gasteiger partial charge in [-0.25, -0.2) is 0 Å². The molecular weight excluding hydrogens is 358 g/mol. The highest BCUT2D eigenvalue weighted by molar-refractivity contribution is 7.15.